The smallest absolute Gasteiger partial charge is 0.246 e. The summed E-state index contributed by atoms with van der Waals surface area (Å²) in [4.78, 5) is 27.5. The van der Waals surface area contributed by atoms with Gasteiger partial charge in [0.15, 0.2) is 0 Å². The molecular weight excluding hydrogens is 296 g/mol. The Hall–Kier alpha value is -2.15. The van der Waals surface area contributed by atoms with Gasteiger partial charge in [0.25, 0.3) is 0 Å². The molecule has 1 aromatic rings. The van der Waals surface area contributed by atoms with E-state index in [0.717, 1.165) is 5.69 Å². The summed E-state index contributed by atoms with van der Waals surface area (Å²) >= 11 is 0. The first-order valence-corrected chi connectivity index (χ1v) is 7.60. The number of rotatable bonds is 5. The van der Waals surface area contributed by atoms with Gasteiger partial charge in [0.2, 0.25) is 11.8 Å². The number of methoxy groups -OCH3 is 1. The van der Waals surface area contributed by atoms with E-state index in [1.807, 2.05) is 13.1 Å². The Morgan fingerprint density at radius 2 is 2.17 bits per heavy atom. The summed E-state index contributed by atoms with van der Waals surface area (Å²) in [6.07, 6.45) is 5.26. The summed E-state index contributed by atoms with van der Waals surface area (Å²) in [5.41, 5.74) is 0.861. The van der Waals surface area contributed by atoms with E-state index in [-0.39, 0.29) is 23.8 Å². The predicted molar refractivity (Wildman–Crippen MR) is 86.4 cm³/mol. The highest BCUT2D eigenvalue weighted by molar-refractivity contribution is 5.91. The summed E-state index contributed by atoms with van der Waals surface area (Å²) in [5, 5.41) is 4.06. The minimum atomic E-state index is -0.104. The van der Waals surface area contributed by atoms with Gasteiger partial charge < -0.3 is 14.5 Å². The van der Waals surface area contributed by atoms with Gasteiger partial charge in [0, 0.05) is 66.0 Å². The van der Waals surface area contributed by atoms with Gasteiger partial charge in [-0.05, 0) is 12.1 Å². The first kappa shape index (κ1) is 17.2. The van der Waals surface area contributed by atoms with Gasteiger partial charge in [-0.25, -0.2) is 0 Å². The molecule has 23 heavy (non-hydrogen) atoms. The zero-order valence-corrected chi connectivity index (χ0v) is 14.1. The summed E-state index contributed by atoms with van der Waals surface area (Å²) in [5.74, 6) is 0.00813. The van der Waals surface area contributed by atoms with Crippen molar-refractivity contribution in [3.63, 3.8) is 0 Å². The number of ether oxygens (including phenoxy) is 1. The number of aryl methyl sites for hydroxylation is 1. The molecule has 0 saturated carbocycles. The van der Waals surface area contributed by atoms with Crippen LogP contribution >= 0.6 is 0 Å². The van der Waals surface area contributed by atoms with Crippen molar-refractivity contribution in [3.8, 4) is 0 Å². The minimum Gasteiger partial charge on any atom is -0.379 e. The molecule has 2 amide bonds. The van der Waals surface area contributed by atoms with Crippen LogP contribution in [-0.4, -0.2) is 71.8 Å². The lowest BCUT2D eigenvalue weighted by atomic mass is 10.0. The lowest BCUT2D eigenvalue weighted by Crippen LogP contribution is -2.29. The quantitative estimate of drug-likeness (QED) is 0.736. The van der Waals surface area contributed by atoms with Crippen LogP contribution in [0.5, 0.6) is 0 Å². The van der Waals surface area contributed by atoms with E-state index in [1.165, 1.54) is 0 Å². The van der Waals surface area contributed by atoms with Crippen LogP contribution in [0.15, 0.2) is 18.3 Å². The third kappa shape index (κ3) is 4.19. The van der Waals surface area contributed by atoms with E-state index in [2.05, 4.69) is 5.10 Å². The van der Waals surface area contributed by atoms with Crippen LogP contribution in [-0.2, 0) is 21.4 Å². The van der Waals surface area contributed by atoms with Crippen LogP contribution in [0.25, 0.3) is 6.08 Å². The molecule has 7 nitrogen and oxygen atoms in total. The Morgan fingerprint density at radius 1 is 1.43 bits per heavy atom. The van der Waals surface area contributed by atoms with Crippen molar-refractivity contribution in [2.75, 3.05) is 34.3 Å². The van der Waals surface area contributed by atoms with Gasteiger partial charge in [-0.1, -0.05) is 0 Å². The second-order valence-corrected chi connectivity index (χ2v) is 5.98. The maximum Gasteiger partial charge on any atom is 0.246 e. The van der Waals surface area contributed by atoms with Gasteiger partial charge in [-0.15, -0.1) is 0 Å². The molecule has 2 atom stereocenters. The Morgan fingerprint density at radius 3 is 2.74 bits per heavy atom. The van der Waals surface area contributed by atoms with Gasteiger partial charge in [-0.3, -0.25) is 14.3 Å². The van der Waals surface area contributed by atoms with Crippen molar-refractivity contribution < 1.29 is 14.3 Å². The number of likely N-dealkylation sites (tertiary alicyclic amines) is 1. The van der Waals surface area contributed by atoms with Crippen molar-refractivity contribution in [1.82, 2.24) is 19.6 Å². The largest absolute Gasteiger partial charge is 0.379 e. The third-order valence-corrected chi connectivity index (χ3v) is 4.19. The Balaban J connectivity index is 1.98. The van der Waals surface area contributed by atoms with Crippen molar-refractivity contribution in [2.24, 2.45) is 13.0 Å². The van der Waals surface area contributed by atoms with E-state index in [0.29, 0.717) is 19.5 Å². The maximum atomic E-state index is 12.3. The molecule has 0 N–H and O–H groups in total. The first-order chi connectivity index (χ1) is 10.9. The average Bonchev–Trinajstić information content (AvgIpc) is 3.10. The van der Waals surface area contributed by atoms with Crippen molar-refractivity contribution in [1.29, 1.82) is 0 Å². The summed E-state index contributed by atoms with van der Waals surface area (Å²) in [6.45, 7) is 1.04. The molecule has 0 radical (unpaired) electrons. The highest BCUT2D eigenvalue weighted by Gasteiger charge is 2.36. The zero-order valence-electron chi connectivity index (χ0n) is 14.1. The van der Waals surface area contributed by atoms with Crippen LogP contribution in [0, 0.1) is 5.92 Å². The molecule has 1 aliphatic heterocycles. The molecule has 7 heteroatoms. The number of carbonyl (C=O) groups is 2. The first-order valence-electron chi connectivity index (χ1n) is 7.60. The molecule has 126 valence electrons. The molecule has 0 spiro atoms. The fourth-order valence-corrected chi connectivity index (χ4v) is 2.70. The summed E-state index contributed by atoms with van der Waals surface area (Å²) in [6, 6.07) is 1.84. The van der Waals surface area contributed by atoms with Gasteiger partial charge in [-0.2, -0.15) is 5.10 Å². The van der Waals surface area contributed by atoms with Gasteiger partial charge >= 0.3 is 0 Å². The molecule has 0 aromatic carbocycles. The Kier molecular flexibility index (Phi) is 5.54. The van der Waals surface area contributed by atoms with Crippen molar-refractivity contribution in [3.05, 3.63) is 24.0 Å². The fraction of sp³-hybridized carbons (Fsp3) is 0.562. The number of hydrogen-bond acceptors (Lipinski definition) is 4. The van der Waals surface area contributed by atoms with E-state index in [1.54, 1.807) is 54.0 Å². The molecule has 1 aliphatic rings. The molecule has 0 bridgehead atoms. The zero-order chi connectivity index (χ0) is 17.0. The minimum absolute atomic E-state index is 0.0314. The standard InChI is InChI=1S/C16H24N4O3/c1-18(2)16(22)9-12-10-20(11-14(12)23-4)15(21)6-5-13-7-8-17-19(13)3/h5-8,12,14H,9-11H2,1-4H3/b6-5+/t12-,14-/m0/s1. The Bertz CT molecular complexity index is 594. The van der Waals surface area contributed by atoms with Crippen LogP contribution in [0.1, 0.15) is 12.1 Å². The molecule has 0 aliphatic carbocycles. The highest BCUT2D eigenvalue weighted by atomic mass is 16.5. The Labute approximate surface area is 136 Å². The molecule has 0 unspecified atom stereocenters. The second kappa shape index (κ2) is 7.41. The molecular formula is C16H24N4O3. The topological polar surface area (TPSA) is 67.7 Å². The summed E-state index contributed by atoms with van der Waals surface area (Å²) in [7, 11) is 6.92. The number of hydrogen-bond donors (Lipinski definition) is 0. The summed E-state index contributed by atoms with van der Waals surface area (Å²) < 4.78 is 7.15. The molecule has 2 rings (SSSR count). The number of carbonyl (C=O) groups excluding carboxylic acids is 2. The van der Waals surface area contributed by atoms with E-state index >= 15 is 0 Å². The van der Waals surface area contributed by atoms with E-state index < -0.39 is 0 Å². The monoisotopic (exact) mass is 320 g/mol. The van der Waals surface area contributed by atoms with Crippen LogP contribution in [0.3, 0.4) is 0 Å². The molecule has 1 saturated heterocycles. The van der Waals surface area contributed by atoms with Gasteiger partial charge in [0.05, 0.1) is 11.8 Å². The second-order valence-electron chi connectivity index (χ2n) is 5.98. The molecule has 2 heterocycles. The van der Waals surface area contributed by atoms with E-state index in [4.69, 9.17) is 4.74 Å². The van der Waals surface area contributed by atoms with Crippen LogP contribution in [0.4, 0.5) is 0 Å². The highest BCUT2D eigenvalue weighted by Crippen LogP contribution is 2.23. The van der Waals surface area contributed by atoms with Gasteiger partial charge in [0.1, 0.15) is 0 Å². The maximum absolute atomic E-state index is 12.3. The van der Waals surface area contributed by atoms with Crippen molar-refractivity contribution >= 4 is 17.9 Å². The SMILES string of the molecule is CO[C@H]1CN(C(=O)/C=C/c2ccnn2C)C[C@@H]1CC(=O)N(C)C. The molecule has 1 fully saturated rings. The predicted octanol–water partition coefficient (Wildman–Crippen LogP) is 0.385. The van der Waals surface area contributed by atoms with Crippen LogP contribution in [0.2, 0.25) is 0 Å². The lowest BCUT2D eigenvalue weighted by Gasteiger charge is -2.18. The average molecular weight is 320 g/mol. The van der Waals surface area contributed by atoms with E-state index in [9.17, 15) is 9.59 Å². The lowest BCUT2D eigenvalue weighted by molar-refractivity contribution is -0.130. The number of amides is 2. The van der Waals surface area contributed by atoms with Crippen LogP contribution < -0.4 is 0 Å². The fourth-order valence-electron chi connectivity index (χ4n) is 2.70. The third-order valence-electron chi connectivity index (χ3n) is 4.19. The number of nitrogens with zero attached hydrogens (tertiary/aromatic N) is 4. The molecule has 1 aromatic heterocycles. The van der Waals surface area contributed by atoms with Crippen molar-refractivity contribution in [2.45, 2.75) is 12.5 Å². The normalized spacial score (nSPS) is 21.1. The number of aromatic nitrogens is 2.